The van der Waals surface area contributed by atoms with Gasteiger partial charge in [0.1, 0.15) is 0 Å². The Morgan fingerprint density at radius 2 is 2.00 bits per heavy atom. The van der Waals surface area contributed by atoms with E-state index in [1.807, 2.05) is 44.2 Å². The van der Waals surface area contributed by atoms with Crippen molar-refractivity contribution >= 4 is 11.6 Å². The molecule has 1 aromatic carbocycles. The third-order valence-electron chi connectivity index (χ3n) is 5.38. The quantitative estimate of drug-likeness (QED) is 0.668. The Bertz CT molecular complexity index is 532. The van der Waals surface area contributed by atoms with Gasteiger partial charge in [0.25, 0.3) is 0 Å². The van der Waals surface area contributed by atoms with Crippen molar-refractivity contribution < 1.29 is 9.90 Å². The first-order valence-electron chi connectivity index (χ1n) is 9.72. The fraction of sp³-hybridized carbons (Fsp3) is 0.667. The molecule has 4 heteroatoms. The maximum atomic E-state index is 11.9. The monoisotopic (exact) mass is 346 g/mol. The highest BCUT2D eigenvalue weighted by atomic mass is 16.3. The van der Waals surface area contributed by atoms with Gasteiger partial charge < -0.3 is 15.7 Å². The van der Waals surface area contributed by atoms with Crippen LogP contribution in [0.5, 0.6) is 0 Å². The molecule has 0 bridgehead atoms. The van der Waals surface area contributed by atoms with Crippen LogP contribution in [0.25, 0.3) is 0 Å². The number of hydrogen-bond donors (Lipinski definition) is 3. The molecule has 25 heavy (non-hydrogen) atoms. The maximum Gasteiger partial charge on any atom is 0.220 e. The second-order valence-electron chi connectivity index (χ2n) is 7.94. The minimum atomic E-state index is -0.725. The second-order valence-corrected chi connectivity index (χ2v) is 7.94. The first-order chi connectivity index (χ1) is 11.9. The van der Waals surface area contributed by atoms with Crippen molar-refractivity contribution in [3.8, 4) is 0 Å². The van der Waals surface area contributed by atoms with Gasteiger partial charge in [0.05, 0.1) is 11.6 Å². The van der Waals surface area contributed by atoms with E-state index >= 15 is 0 Å². The van der Waals surface area contributed by atoms with E-state index in [0.29, 0.717) is 18.9 Å². The van der Waals surface area contributed by atoms with Gasteiger partial charge in [-0.15, -0.1) is 0 Å². The fourth-order valence-electron chi connectivity index (χ4n) is 3.85. The summed E-state index contributed by atoms with van der Waals surface area (Å²) in [6.45, 7) is 6.83. The topological polar surface area (TPSA) is 61.4 Å². The van der Waals surface area contributed by atoms with E-state index in [1.165, 1.54) is 6.42 Å². The molecule has 3 N–H and O–H groups in total. The van der Waals surface area contributed by atoms with E-state index in [9.17, 15) is 9.90 Å². The summed E-state index contributed by atoms with van der Waals surface area (Å²) in [4.78, 5) is 11.9. The molecule has 1 aliphatic rings. The van der Waals surface area contributed by atoms with Crippen molar-refractivity contribution in [2.45, 2.75) is 70.9 Å². The molecule has 0 radical (unpaired) electrons. The Kier molecular flexibility index (Phi) is 7.30. The predicted octanol–water partition coefficient (Wildman–Crippen LogP) is 3.96. The van der Waals surface area contributed by atoms with E-state index in [2.05, 4.69) is 17.6 Å². The van der Waals surface area contributed by atoms with E-state index < -0.39 is 5.60 Å². The number of carbonyl (C=O) groups is 1. The summed E-state index contributed by atoms with van der Waals surface area (Å²) in [5.41, 5.74) is 0.295. The van der Waals surface area contributed by atoms with Gasteiger partial charge in [-0.25, -0.2) is 0 Å². The van der Waals surface area contributed by atoms with Crippen LogP contribution in [0.4, 0.5) is 5.69 Å². The minimum Gasteiger partial charge on any atom is -0.387 e. The second kappa shape index (κ2) is 9.23. The Balaban J connectivity index is 2.02. The summed E-state index contributed by atoms with van der Waals surface area (Å²) in [6.07, 6.45) is 5.40. The number of para-hydroxylation sites is 1. The average molecular weight is 347 g/mol. The summed E-state index contributed by atoms with van der Waals surface area (Å²) in [7, 11) is 0. The van der Waals surface area contributed by atoms with Crippen molar-refractivity contribution in [3.63, 3.8) is 0 Å². The van der Waals surface area contributed by atoms with Crippen LogP contribution in [-0.2, 0) is 4.79 Å². The molecule has 1 fully saturated rings. The molecule has 0 aromatic heterocycles. The molecule has 1 amide bonds. The van der Waals surface area contributed by atoms with Gasteiger partial charge >= 0.3 is 0 Å². The summed E-state index contributed by atoms with van der Waals surface area (Å²) >= 11 is 0. The van der Waals surface area contributed by atoms with Crippen LogP contribution in [0, 0.1) is 11.8 Å². The summed E-state index contributed by atoms with van der Waals surface area (Å²) in [5.74, 6) is 0.715. The average Bonchev–Trinajstić information content (AvgIpc) is 2.57. The lowest BCUT2D eigenvalue weighted by Gasteiger charge is -2.44. The lowest BCUT2D eigenvalue weighted by Crippen LogP contribution is -2.54. The molecule has 1 aliphatic carbocycles. The highest BCUT2D eigenvalue weighted by Crippen LogP contribution is 2.38. The zero-order valence-corrected chi connectivity index (χ0v) is 15.9. The summed E-state index contributed by atoms with van der Waals surface area (Å²) < 4.78 is 0. The van der Waals surface area contributed by atoms with Crippen molar-refractivity contribution in [1.82, 2.24) is 5.32 Å². The summed E-state index contributed by atoms with van der Waals surface area (Å²) in [6, 6.07) is 9.98. The normalized spacial score (nSPS) is 24.8. The first kappa shape index (κ1) is 19.8. The minimum absolute atomic E-state index is 0.0652. The third kappa shape index (κ3) is 5.74. The largest absolute Gasteiger partial charge is 0.387 e. The molecule has 0 saturated heterocycles. The standard InChI is InChI=1S/C21H34N2O2/c1-16(2)15-20(24)22-14-12-19(23-18-10-5-4-6-11-18)21(25)13-8-7-9-17(21)3/h4-6,10-11,16-17,19,23,25H,7-9,12-15H2,1-3H3,(H,22,24)/t17-,19?,21-/m1/s1. The molecule has 1 saturated carbocycles. The van der Waals surface area contributed by atoms with Crippen LogP contribution in [0.1, 0.15) is 59.3 Å². The number of benzene rings is 1. The lowest BCUT2D eigenvalue weighted by molar-refractivity contribution is -0.122. The van der Waals surface area contributed by atoms with Crippen LogP contribution < -0.4 is 10.6 Å². The molecule has 1 unspecified atom stereocenters. The maximum absolute atomic E-state index is 11.9. The SMILES string of the molecule is CC(C)CC(=O)NCCC(Nc1ccccc1)[C@@]1(O)CCCC[C@H]1C. The number of nitrogens with one attached hydrogen (secondary N) is 2. The van der Waals surface area contributed by atoms with Crippen LogP contribution in [-0.4, -0.2) is 29.2 Å². The van der Waals surface area contributed by atoms with Crippen molar-refractivity contribution in [3.05, 3.63) is 30.3 Å². The smallest absolute Gasteiger partial charge is 0.220 e. The number of aliphatic hydroxyl groups is 1. The zero-order chi connectivity index (χ0) is 18.3. The van der Waals surface area contributed by atoms with Gasteiger partial charge in [-0.05, 0) is 43.2 Å². The van der Waals surface area contributed by atoms with Crippen molar-refractivity contribution in [2.75, 3.05) is 11.9 Å². The molecule has 1 aromatic rings. The van der Waals surface area contributed by atoms with Gasteiger partial charge in [0.2, 0.25) is 5.91 Å². The highest BCUT2D eigenvalue weighted by Gasteiger charge is 2.42. The molecular weight excluding hydrogens is 312 g/mol. The van der Waals surface area contributed by atoms with Crippen LogP contribution in [0.2, 0.25) is 0 Å². The zero-order valence-electron chi connectivity index (χ0n) is 15.9. The molecule has 4 nitrogen and oxygen atoms in total. The molecule has 3 atom stereocenters. The van der Waals surface area contributed by atoms with E-state index in [1.54, 1.807) is 0 Å². The van der Waals surface area contributed by atoms with Crippen molar-refractivity contribution in [1.29, 1.82) is 0 Å². The lowest BCUT2D eigenvalue weighted by atomic mass is 9.71. The molecule has 0 spiro atoms. The molecule has 140 valence electrons. The first-order valence-corrected chi connectivity index (χ1v) is 9.72. The molecule has 0 heterocycles. The van der Waals surface area contributed by atoms with E-state index in [-0.39, 0.29) is 17.9 Å². The predicted molar refractivity (Wildman–Crippen MR) is 104 cm³/mol. The Morgan fingerprint density at radius 3 is 2.64 bits per heavy atom. The number of rotatable bonds is 8. The van der Waals surface area contributed by atoms with Gasteiger partial charge in [0.15, 0.2) is 0 Å². The Morgan fingerprint density at radius 1 is 1.28 bits per heavy atom. The van der Waals surface area contributed by atoms with E-state index in [0.717, 1.165) is 31.4 Å². The van der Waals surface area contributed by atoms with Crippen LogP contribution in [0.15, 0.2) is 30.3 Å². The number of amides is 1. The molecule has 0 aliphatic heterocycles. The molecule has 2 rings (SSSR count). The van der Waals surface area contributed by atoms with Gasteiger partial charge in [-0.3, -0.25) is 4.79 Å². The van der Waals surface area contributed by atoms with Crippen molar-refractivity contribution in [2.24, 2.45) is 11.8 Å². The number of carbonyl (C=O) groups excluding carboxylic acids is 1. The van der Waals surface area contributed by atoms with Gasteiger partial charge in [-0.2, -0.15) is 0 Å². The van der Waals surface area contributed by atoms with Crippen LogP contribution in [0.3, 0.4) is 0 Å². The number of hydrogen-bond acceptors (Lipinski definition) is 3. The Labute approximate surface area is 152 Å². The van der Waals surface area contributed by atoms with Gasteiger partial charge in [0, 0.05) is 18.7 Å². The third-order valence-corrected chi connectivity index (χ3v) is 5.38. The fourth-order valence-corrected chi connectivity index (χ4v) is 3.85. The number of anilines is 1. The van der Waals surface area contributed by atoms with E-state index in [4.69, 9.17) is 0 Å². The molecular formula is C21H34N2O2. The highest BCUT2D eigenvalue weighted by molar-refractivity contribution is 5.76. The van der Waals surface area contributed by atoms with Gasteiger partial charge in [-0.1, -0.05) is 51.8 Å². The van der Waals surface area contributed by atoms with Crippen LogP contribution >= 0.6 is 0 Å². The summed E-state index contributed by atoms with van der Waals surface area (Å²) in [5, 5.41) is 17.9. The Hall–Kier alpha value is -1.55.